The number of hydrogen-bond donors (Lipinski definition) is 2. The summed E-state index contributed by atoms with van der Waals surface area (Å²) in [6.07, 6.45) is 4.38. The predicted molar refractivity (Wildman–Crippen MR) is 115 cm³/mol. The molecule has 164 valence electrons. The molecule has 0 radical (unpaired) electrons. The van der Waals surface area contributed by atoms with Crippen LogP contribution in [0.5, 0.6) is 0 Å². The molecule has 1 aromatic carbocycles. The highest BCUT2D eigenvalue weighted by molar-refractivity contribution is 5.86. The van der Waals surface area contributed by atoms with Crippen molar-refractivity contribution in [3.63, 3.8) is 0 Å². The minimum absolute atomic E-state index is 0.00378. The van der Waals surface area contributed by atoms with Crippen LogP contribution in [0.1, 0.15) is 31.2 Å². The largest absolute Gasteiger partial charge is 0.464 e. The summed E-state index contributed by atoms with van der Waals surface area (Å²) in [6, 6.07) is 9.47. The Balaban J connectivity index is 2.56. The molecule has 1 aromatic rings. The first-order valence-corrected chi connectivity index (χ1v) is 10.1. The quantitative estimate of drug-likeness (QED) is 0.260. The van der Waals surface area contributed by atoms with Crippen LogP contribution in [0.2, 0.25) is 0 Å². The van der Waals surface area contributed by atoms with Crippen molar-refractivity contribution in [1.29, 1.82) is 0 Å². The number of hydrogen-bond acceptors (Lipinski definition) is 5. The van der Waals surface area contributed by atoms with Crippen LogP contribution in [0.15, 0.2) is 55.6 Å². The van der Waals surface area contributed by atoms with Crippen molar-refractivity contribution in [2.45, 2.75) is 32.2 Å². The Bertz CT molecular complexity index is 690. The van der Waals surface area contributed by atoms with E-state index in [0.29, 0.717) is 19.4 Å². The zero-order valence-electron chi connectivity index (χ0n) is 17.4. The highest BCUT2D eigenvalue weighted by Gasteiger charge is 2.24. The standard InChI is InChI=1S/C23H32N2O5/c1-3-5-12-22(28)30-16-13-24-23(29)20(9-4-2)17-21(27)25(14-15-26)18-19-10-7-6-8-11-19/h3-4,6-8,10-11,20,26H,1-2,5,9,12-18H2,(H,24,29)/t20-/m0/s1. The normalized spacial score (nSPS) is 11.2. The Hall–Kier alpha value is -2.93. The lowest BCUT2D eigenvalue weighted by Gasteiger charge is -2.24. The molecule has 0 aliphatic heterocycles. The third-order valence-corrected chi connectivity index (χ3v) is 4.40. The molecule has 1 atom stereocenters. The van der Waals surface area contributed by atoms with Gasteiger partial charge in [0.2, 0.25) is 11.8 Å². The molecule has 7 nitrogen and oxygen atoms in total. The van der Waals surface area contributed by atoms with Crippen LogP contribution in [0.25, 0.3) is 0 Å². The number of nitrogens with one attached hydrogen (secondary N) is 1. The summed E-state index contributed by atoms with van der Waals surface area (Å²) in [5.41, 5.74) is 0.947. The van der Waals surface area contributed by atoms with E-state index in [1.54, 1.807) is 17.1 Å². The zero-order valence-corrected chi connectivity index (χ0v) is 17.4. The number of carbonyl (C=O) groups is 3. The molecule has 2 amide bonds. The monoisotopic (exact) mass is 416 g/mol. The van der Waals surface area contributed by atoms with Crippen molar-refractivity contribution in [3.05, 3.63) is 61.2 Å². The van der Waals surface area contributed by atoms with Gasteiger partial charge in [-0.1, -0.05) is 42.5 Å². The van der Waals surface area contributed by atoms with Gasteiger partial charge in [-0.25, -0.2) is 0 Å². The number of benzene rings is 1. The van der Waals surface area contributed by atoms with Crippen molar-refractivity contribution >= 4 is 17.8 Å². The Morgan fingerprint density at radius 2 is 1.90 bits per heavy atom. The molecule has 0 aliphatic rings. The molecule has 0 aliphatic carbocycles. The number of amides is 2. The van der Waals surface area contributed by atoms with Crippen molar-refractivity contribution in [1.82, 2.24) is 10.2 Å². The number of carbonyl (C=O) groups excluding carboxylic acids is 3. The molecule has 0 saturated carbocycles. The van der Waals surface area contributed by atoms with Crippen LogP contribution in [-0.4, -0.2) is 54.1 Å². The first kappa shape index (κ1) is 25.1. The molecule has 0 aromatic heterocycles. The van der Waals surface area contributed by atoms with Gasteiger partial charge in [0.25, 0.3) is 0 Å². The van der Waals surface area contributed by atoms with Crippen LogP contribution in [0, 0.1) is 5.92 Å². The van der Waals surface area contributed by atoms with E-state index in [1.165, 1.54) is 0 Å². The van der Waals surface area contributed by atoms with Gasteiger partial charge in [0.1, 0.15) is 6.61 Å². The number of rotatable bonds is 15. The minimum Gasteiger partial charge on any atom is -0.464 e. The van der Waals surface area contributed by atoms with E-state index in [4.69, 9.17) is 4.74 Å². The number of esters is 1. The number of aliphatic hydroxyl groups is 1. The van der Waals surface area contributed by atoms with Crippen LogP contribution in [0.3, 0.4) is 0 Å². The molecule has 0 spiro atoms. The number of allylic oxidation sites excluding steroid dienone is 2. The van der Waals surface area contributed by atoms with Gasteiger partial charge in [-0.2, -0.15) is 0 Å². The molecule has 0 fully saturated rings. The smallest absolute Gasteiger partial charge is 0.306 e. The second kappa shape index (κ2) is 15.0. The number of ether oxygens (including phenoxy) is 1. The van der Waals surface area contributed by atoms with Crippen molar-refractivity contribution in [2.75, 3.05) is 26.3 Å². The lowest BCUT2D eigenvalue weighted by molar-refractivity contribution is -0.144. The lowest BCUT2D eigenvalue weighted by atomic mass is 9.99. The second-order valence-corrected chi connectivity index (χ2v) is 6.79. The Labute approximate surface area is 178 Å². The summed E-state index contributed by atoms with van der Waals surface area (Å²) >= 11 is 0. The van der Waals surface area contributed by atoms with Gasteiger partial charge in [-0.15, -0.1) is 13.2 Å². The average Bonchev–Trinajstić information content (AvgIpc) is 2.75. The van der Waals surface area contributed by atoms with Crippen LogP contribution < -0.4 is 5.32 Å². The molecule has 0 saturated heterocycles. The minimum atomic E-state index is -0.580. The van der Waals surface area contributed by atoms with E-state index in [0.717, 1.165) is 5.56 Å². The summed E-state index contributed by atoms with van der Waals surface area (Å²) in [4.78, 5) is 38.3. The average molecular weight is 417 g/mol. The number of nitrogens with zero attached hydrogens (tertiary/aromatic N) is 1. The summed E-state index contributed by atoms with van der Waals surface area (Å²) in [5, 5.41) is 12.0. The Morgan fingerprint density at radius 3 is 2.53 bits per heavy atom. The van der Waals surface area contributed by atoms with Crippen LogP contribution >= 0.6 is 0 Å². The molecule has 0 unspecified atom stereocenters. The molecule has 2 N–H and O–H groups in total. The van der Waals surface area contributed by atoms with E-state index >= 15 is 0 Å². The maximum Gasteiger partial charge on any atom is 0.306 e. The fourth-order valence-corrected chi connectivity index (χ4v) is 2.82. The Kier molecular flexibility index (Phi) is 12.5. The van der Waals surface area contributed by atoms with E-state index in [1.807, 2.05) is 30.3 Å². The summed E-state index contributed by atoms with van der Waals surface area (Å²) in [6.45, 7) is 7.85. The molecule has 0 heterocycles. The van der Waals surface area contributed by atoms with Gasteiger partial charge in [0.05, 0.1) is 19.1 Å². The first-order chi connectivity index (χ1) is 14.5. The molecule has 0 bridgehead atoms. The highest BCUT2D eigenvalue weighted by atomic mass is 16.5. The third kappa shape index (κ3) is 10.0. The van der Waals surface area contributed by atoms with E-state index in [-0.39, 0.29) is 56.9 Å². The summed E-state index contributed by atoms with van der Waals surface area (Å²) in [7, 11) is 0. The van der Waals surface area contributed by atoms with E-state index < -0.39 is 5.92 Å². The SMILES string of the molecule is C=CCCC(=O)OCCNC(=O)[C@@H](CC=C)CC(=O)N(CCO)Cc1ccccc1. The molecule has 7 heteroatoms. The molecule has 1 rings (SSSR count). The topological polar surface area (TPSA) is 95.9 Å². The molecular formula is C23H32N2O5. The fourth-order valence-electron chi connectivity index (χ4n) is 2.82. The third-order valence-electron chi connectivity index (χ3n) is 4.40. The van der Waals surface area contributed by atoms with Crippen molar-refractivity contribution in [2.24, 2.45) is 5.92 Å². The number of aliphatic hydroxyl groups excluding tert-OH is 1. The van der Waals surface area contributed by atoms with Gasteiger partial charge in [-0.3, -0.25) is 14.4 Å². The van der Waals surface area contributed by atoms with Gasteiger partial charge >= 0.3 is 5.97 Å². The summed E-state index contributed by atoms with van der Waals surface area (Å²) < 4.78 is 5.03. The van der Waals surface area contributed by atoms with E-state index in [9.17, 15) is 19.5 Å². The van der Waals surface area contributed by atoms with Crippen molar-refractivity contribution < 1.29 is 24.2 Å². The molecular weight excluding hydrogens is 384 g/mol. The maximum atomic E-state index is 12.8. The Morgan fingerprint density at radius 1 is 1.17 bits per heavy atom. The van der Waals surface area contributed by atoms with E-state index in [2.05, 4.69) is 18.5 Å². The van der Waals surface area contributed by atoms with Gasteiger partial charge in [0, 0.05) is 25.9 Å². The van der Waals surface area contributed by atoms with Gasteiger partial charge < -0.3 is 20.1 Å². The predicted octanol–water partition coefficient (Wildman–Crippen LogP) is 2.22. The fraction of sp³-hybridized carbons (Fsp3) is 0.435. The summed E-state index contributed by atoms with van der Waals surface area (Å²) in [5.74, 6) is -1.44. The van der Waals surface area contributed by atoms with Crippen LogP contribution in [0.4, 0.5) is 0 Å². The first-order valence-electron chi connectivity index (χ1n) is 10.1. The second-order valence-electron chi connectivity index (χ2n) is 6.79. The van der Waals surface area contributed by atoms with Crippen LogP contribution in [-0.2, 0) is 25.7 Å². The molecule has 30 heavy (non-hydrogen) atoms. The van der Waals surface area contributed by atoms with Gasteiger partial charge in [-0.05, 0) is 18.4 Å². The van der Waals surface area contributed by atoms with Gasteiger partial charge in [0.15, 0.2) is 0 Å². The lowest BCUT2D eigenvalue weighted by Crippen LogP contribution is -2.39. The maximum absolute atomic E-state index is 12.8. The highest BCUT2D eigenvalue weighted by Crippen LogP contribution is 2.14. The zero-order chi connectivity index (χ0) is 22.2. The van der Waals surface area contributed by atoms with Crippen molar-refractivity contribution in [3.8, 4) is 0 Å².